The number of para-hydroxylation sites is 1. The highest BCUT2D eigenvalue weighted by Crippen LogP contribution is 2.46. The Hall–Kier alpha value is -3.98. The van der Waals surface area contributed by atoms with Crippen LogP contribution in [0.5, 0.6) is 0 Å². The summed E-state index contributed by atoms with van der Waals surface area (Å²) >= 11 is 0. The third-order valence-corrected chi connectivity index (χ3v) is 6.02. The van der Waals surface area contributed by atoms with E-state index in [2.05, 4.69) is 6.07 Å². The van der Waals surface area contributed by atoms with Gasteiger partial charge in [-0.25, -0.2) is 4.90 Å². The van der Waals surface area contributed by atoms with Gasteiger partial charge in [0.2, 0.25) is 11.8 Å². The Morgan fingerprint density at radius 1 is 0.900 bits per heavy atom. The Kier molecular flexibility index (Phi) is 4.11. The Labute approximate surface area is 173 Å². The number of allylic oxidation sites excluding steroid dienone is 2. The molecule has 2 saturated heterocycles. The average Bonchev–Trinajstić information content (AvgIpc) is 3.26. The van der Waals surface area contributed by atoms with E-state index in [0.29, 0.717) is 16.8 Å². The first-order valence-corrected chi connectivity index (χ1v) is 9.71. The third kappa shape index (κ3) is 2.52. The smallest absolute Gasteiger partial charge is 0.240 e. The van der Waals surface area contributed by atoms with E-state index in [-0.39, 0.29) is 17.6 Å². The molecule has 2 aromatic carbocycles. The maximum absolute atomic E-state index is 13.5. The van der Waals surface area contributed by atoms with Crippen molar-refractivity contribution in [3.05, 3.63) is 90.2 Å². The van der Waals surface area contributed by atoms with E-state index in [4.69, 9.17) is 0 Å². The number of ketones is 1. The van der Waals surface area contributed by atoms with Crippen LogP contribution in [0.1, 0.15) is 10.4 Å². The number of carbonyl (C=O) groups is 3. The number of nitriles is 1. The second-order valence-corrected chi connectivity index (χ2v) is 7.56. The van der Waals surface area contributed by atoms with Crippen molar-refractivity contribution in [2.24, 2.45) is 11.8 Å². The summed E-state index contributed by atoms with van der Waals surface area (Å²) in [7, 11) is 0. The topological polar surface area (TPSA) is 81.5 Å². The van der Waals surface area contributed by atoms with Gasteiger partial charge < -0.3 is 4.90 Å². The van der Waals surface area contributed by atoms with E-state index in [1.165, 1.54) is 4.90 Å². The van der Waals surface area contributed by atoms with Gasteiger partial charge in [-0.2, -0.15) is 5.26 Å². The summed E-state index contributed by atoms with van der Waals surface area (Å²) in [5.41, 5.74) is 1.40. The number of carbonyl (C=O) groups excluding carboxylic acids is 3. The summed E-state index contributed by atoms with van der Waals surface area (Å²) < 4.78 is 0. The maximum atomic E-state index is 13.5. The second kappa shape index (κ2) is 6.82. The molecule has 2 fully saturated rings. The molecule has 0 unspecified atom stereocenters. The van der Waals surface area contributed by atoms with Gasteiger partial charge in [0, 0.05) is 11.8 Å². The standard InChI is InChI=1S/C24H17N3O3/c25-14-15-11-12-26-18(13-15)19-20(21(26)22(28)16-7-3-1-4-8-16)24(30)27(23(19)29)17-9-5-2-6-10-17/h1-13,18-21H/t18-,19+,20+,21+/m1/s1. The summed E-state index contributed by atoms with van der Waals surface area (Å²) in [6, 6.07) is 18.3. The van der Waals surface area contributed by atoms with Gasteiger partial charge in [0.05, 0.1) is 35.2 Å². The van der Waals surface area contributed by atoms with Crippen molar-refractivity contribution in [1.29, 1.82) is 5.26 Å². The van der Waals surface area contributed by atoms with Crippen molar-refractivity contribution in [3.8, 4) is 6.07 Å². The number of nitrogens with zero attached hydrogens (tertiary/aromatic N) is 3. The number of amides is 2. The molecular formula is C24H17N3O3. The molecule has 3 aliphatic rings. The van der Waals surface area contributed by atoms with Gasteiger partial charge in [0.1, 0.15) is 6.04 Å². The molecule has 0 bridgehead atoms. The number of hydrogen-bond acceptors (Lipinski definition) is 5. The molecule has 4 atom stereocenters. The average molecular weight is 395 g/mol. The lowest BCUT2D eigenvalue weighted by molar-refractivity contribution is -0.123. The van der Waals surface area contributed by atoms with Crippen LogP contribution in [-0.4, -0.2) is 34.6 Å². The zero-order valence-electron chi connectivity index (χ0n) is 15.9. The third-order valence-electron chi connectivity index (χ3n) is 6.02. The van der Waals surface area contributed by atoms with Gasteiger partial charge in [-0.3, -0.25) is 14.4 Å². The van der Waals surface area contributed by atoms with Gasteiger partial charge in [0.15, 0.2) is 5.78 Å². The highest BCUT2D eigenvalue weighted by Gasteiger charge is 2.63. The molecule has 0 spiro atoms. The molecule has 3 aliphatic heterocycles. The molecule has 0 aromatic heterocycles. The predicted molar refractivity (Wildman–Crippen MR) is 109 cm³/mol. The van der Waals surface area contributed by atoms with Crippen LogP contribution in [0.15, 0.2) is 84.6 Å². The van der Waals surface area contributed by atoms with Gasteiger partial charge in [-0.15, -0.1) is 0 Å². The molecule has 0 radical (unpaired) electrons. The molecule has 6 heteroatoms. The molecule has 6 nitrogen and oxygen atoms in total. The first kappa shape index (κ1) is 18.1. The first-order valence-electron chi connectivity index (χ1n) is 9.71. The number of hydrogen-bond donors (Lipinski definition) is 0. The lowest BCUT2D eigenvalue weighted by atomic mass is 9.86. The van der Waals surface area contributed by atoms with Crippen molar-refractivity contribution < 1.29 is 14.4 Å². The van der Waals surface area contributed by atoms with Crippen molar-refractivity contribution >= 4 is 23.3 Å². The van der Waals surface area contributed by atoms with Crippen LogP contribution in [0, 0.1) is 23.2 Å². The highest BCUT2D eigenvalue weighted by molar-refractivity contribution is 6.24. The molecule has 0 aliphatic carbocycles. The summed E-state index contributed by atoms with van der Waals surface area (Å²) in [6.07, 6.45) is 4.98. The molecule has 5 rings (SSSR count). The van der Waals surface area contributed by atoms with Crippen molar-refractivity contribution in [2.45, 2.75) is 12.1 Å². The van der Waals surface area contributed by atoms with Crippen LogP contribution >= 0.6 is 0 Å². The highest BCUT2D eigenvalue weighted by atomic mass is 16.2. The fourth-order valence-electron chi connectivity index (χ4n) is 4.73. The normalized spacial score (nSPS) is 26.8. The fraction of sp³-hybridized carbons (Fsp3) is 0.167. The minimum Gasteiger partial charge on any atom is -0.359 e. The lowest BCUT2D eigenvalue weighted by Gasteiger charge is -2.32. The number of rotatable bonds is 3. The molecular weight excluding hydrogens is 378 g/mol. The van der Waals surface area contributed by atoms with Crippen LogP contribution in [0.4, 0.5) is 5.69 Å². The van der Waals surface area contributed by atoms with E-state index in [9.17, 15) is 19.6 Å². The zero-order valence-corrected chi connectivity index (χ0v) is 15.9. The van der Waals surface area contributed by atoms with Gasteiger partial charge in [-0.05, 0) is 24.3 Å². The van der Waals surface area contributed by atoms with Crippen LogP contribution in [0.25, 0.3) is 0 Å². The Bertz CT molecular complexity index is 1150. The van der Waals surface area contributed by atoms with Crippen molar-refractivity contribution in [2.75, 3.05) is 4.90 Å². The molecule has 0 N–H and O–H groups in total. The molecule has 2 amide bonds. The van der Waals surface area contributed by atoms with E-state index in [1.807, 2.05) is 12.1 Å². The van der Waals surface area contributed by atoms with Crippen LogP contribution in [0.3, 0.4) is 0 Å². The Morgan fingerprint density at radius 3 is 2.20 bits per heavy atom. The summed E-state index contributed by atoms with van der Waals surface area (Å²) in [5, 5.41) is 9.34. The van der Waals surface area contributed by atoms with Crippen LogP contribution in [-0.2, 0) is 9.59 Å². The zero-order chi connectivity index (χ0) is 20.8. The van der Waals surface area contributed by atoms with Gasteiger partial charge in [-0.1, -0.05) is 48.5 Å². The summed E-state index contributed by atoms with van der Waals surface area (Å²) in [4.78, 5) is 43.2. The quantitative estimate of drug-likeness (QED) is 0.590. The summed E-state index contributed by atoms with van der Waals surface area (Å²) in [5.74, 6) is -2.45. The number of benzene rings is 2. The predicted octanol–water partition coefficient (Wildman–Crippen LogP) is 2.71. The fourth-order valence-corrected chi connectivity index (χ4v) is 4.73. The minimum absolute atomic E-state index is 0.206. The molecule has 0 saturated carbocycles. The molecule has 3 heterocycles. The van der Waals surface area contributed by atoms with Crippen molar-refractivity contribution in [3.63, 3.8) is 0 Å². The number of imide groups is 1. The maximum Gasteiger partial charge on any atom is 0.240 e. The number of Topliss-reactive ketones (excluding diaryl/α,β-unsaturated/α-hetero) is 1. The van der Waals surface area contributed by atoms with E-state index >= 15 is 0 Å². The van der Waals surface area contributed by atoms with E-state index in [1.54, 1.807) is 71.8 Å². The molecule has 2 aromatic rings. The van der Waals surface area contributed by atoms with E-state index in [0.717, 1.165) is 0 Å². The summed E-state index contributed by atoms with van der Waals surface area (Å²) in [6.45, 7) is 0. The van der Waals surface area contributed by atoms with Crippen LogP contribution in [0.2, 0.25) is 0 Å². The Morgan fingerprint density at radius 2 is 1.53 bits per heavy atom. The SMILES string of the molecule is N#CC1=C[C@@H]2[C@@H]3C(=O)N(c4ccccc4)C(=O)[C@@H]3[C@@H](C(=O)c3ccccc3)N2C=C1. The van der Waals surface area contributed by atoms with Gasteiger partial charge >= 0.3 is 0 Å². The second-order valence-electron chi connectivity index (χ2n) is 7.56. The largest absolute Gasteiger partial charge is 0.359 e. The number of fused-ring (bicyclic) bond motifs is 3. The molecule has 146 valence electrons. The van der Waals surface area contributed by atoms with Crippen molar-refractivity contribution in [1.82, 2.24) is 4.90 Å². The van der Waals surface area contributed by atoms with Gasteiger partial charge in [0.25, 0.3) is 0 Å². The molecule has 30 heavy (non-hydrogen) atoms. The Balaban J connectivity index is 1.62. The number of anilines is 1. The monoisotopic (exact) mass is 395 g/mol. The van der Waals surface area contributed by atoms with Crippen LogP contribution < -0.4 is 4.90 Å². The minimum atomic E-state index is -0.811. The lowest BCUT2D eigenvalue weighted by Crippen LogP contribution is -2.46. The van der Waals surface area contributed by atoms with E-state index < -0.39 is 23.9 Å². The first-order chi connectivity index (χ1) is 14.6.